The van der Waals surface area contributed by atoms with E-state index in [1.54, 1.807) is 12.4 Å². The van der Waals surface area contributed by atoms with Gasteiger partial charge in [-0.1, -0.05) is 0 Å². The third kappa shape index (κ3) is 3.26. The normalized spacial score (nSPS) is 6.62. The van der Waals surface area contributed by atoms with Gasteiger partial charge in [-0.05, 0) is 0 Å². The van der Waals surface area contributed by atoms with Gasteiger partial charge in [-0.15, -0.1) is 0 Å². The Balaban J connectivity index is -0.0000000450. The second kappa shape index (κ2) is 5.36. The van der Waals surface area contributed by atoms with E-state index in [4.69, 9.17) is 11.8 Å². The van der Waals surface area contributed by atoms with E-state index in [2.05, 4.69) is 4.98 Å². The third-order valence-corrected chi connectivity index (χ3v) is 0.672. The first-order valence-corrected chi connectivity index (χ1v) is 1.87. The molecule has 0 aromatic carbocycles. The van der Waals surface area contributed by atoms with Crippen LogP contribution >= 0.6 is 11.8 Å². The van der Waals surface area contributed by atoms with Gasteiger partial charge in [-0.3, -0.25) is 0 Å². The standard InChI is InChI=1S/C3H3ClN2.Mg.H2O.2H/c4-6-2-1-5-3-6;;;;/h1-3H;;1H2;;/q;+2;;2*-1. The summed E-state index contributed by atoms with van der Waals surface area (Å²) in [7, 11) is 0. The Labute approximate surface area is 71.2 Å². The number of rotatable bonds is 0. The molecular weight excluding hydrogens is 140 g/mol. The van der Waals surface area contributed by atoms with Crippen LogP contribution in [0.4, 0.5) is 0 Å². The van der Waals surface area contributed by atoms with Crippen molar-refractivity contribution >= 4 is 34.8 Å². The predicted octanol–water partition coefficient (Wildman–Crippen LogP) is -0.0955. The molecule has 3 nitrogen and oxygen atoms in total. The molecule has 1 heterocycles. The zero-order chi connectivity index (χ0) is 4.41. The van der Waals surface area contributed by atoms with Crippen LogP contribution < -0.4 is 0 Å². The summed E-state index contributed by atoms with van der Waals surface area (Å²) in [5, 5.41) is 0. The minimum atomic E-state index is 0. The first-order valence-electron chi connectivity index (χ1n) is 1.54. The van der Waals surface area contributed by atoms with Gasteiger partial charge in [0.2, 0.25) is 0 Å². The van der Waals surface area contributed by atoms with Gasteiger partial charge in [-0.25, -0.2) is 9.07 Å². The molecule has 0 amide bonds. The minimum Gasteiger partial charge on any atom is -1.00 e. The van der Waals surface area contributed by atoms with Crippen LogP contribution in [0.3, 0.4) is 0 Å². The summed E-state index contributed by atoms with van der Waals surface area (Å²) >= 11 is 5.31. The molecule has 0 unspecified atom stereocenters. The Hall–Kier alpha value is 0.226. The van der Waals surface area contributed by atoms with Crippen molar-refractivity contribution in [1.29, 1.82) is 0 Å². The molecule has 5 heteroatoms. The Morgan fingerprint density at radius 3 is 2.38 bits per heavy atom. The molecule has 44 valence electrons. The van der Waals surface area contributed by atoms with Gasteiger partial charge in [0.1, 0.15) is 6.33 Å². The summed E-state index contributed by atoms with van der Waals surface area (Å²) in [6, 6.07) is 0. The molecule has 1 rings (SSSR count). The third-order valence-electron chi connectivity index (χ3n) is 0.472. The van der Waals surface area contributed by atoms with E-state index in [0.717, 1.165) is 0 Å². The van der Waals surface area contributed by atoms with Crippen molar-refractivity contribution in [2.75, 3.05) is 0 Å². The van der Waals surface area contributed by atoms with Gasteiger partial charge >= 0.3 is 23.1 Å². The van der Waals surface area contributed by atoms with Crippen molar-refractivity contribution < 1.29 is 8.33 Å². The fourth-order valence-electron chi connectivity index (χ4n) is 0.243. The quantitative estimate of drug-likeness (QED) is 0.472. The minimum absolute atomic E-state index is 0. The molecular formula is C3H7ClMgN2O. The number of imidazole rings is 1. The molecule has 0 saturated carbocycles. The van der Waals surface area contributed by atoms with Gasteiger partial charge in [0.15, 0.2) is 0 Å². The van der Waals surface area contributed by atoms with Crippen LogP contribution in [0.25, 0.3) is 0 Å². The molecule has 8 heavy (non-hydrogen) atoms. The van der Waals surface area contributed by atoms with E-state index in [1.165, 1.54) is 10.4 Å². The fraction of sp³-hybridized carbons (Fsp3) is 0. The molecule has 2 N–H and O–H groups in total. The van der Waals surface area contributed by atoms with Gasteiger partial charge < -0.3 is 8.33 Å². The number of halogens is 1. The Morgan fingerprint density at radius 1 is 1.62 bits per heavy atom. The Morgan fingerprint density at radius 2 is 2.25 bits per heavy atom. The van der Waals surface area contributed by atoms with E-state index in [9.17, 15) is 0 Å². The zero-order valence-electron chi connectivity index (χ0n) is 6.21. The smallest absolute Gasteiger partial charge is 1.00 e. The summed E-state index contributed by atoms with van der Waals surface area (Å²) in [6.07, 6.45) is 4.79. The van der Waals surface area contributed by atoms with Gasteiger partial charge in [0, 0.05) is 24.2 Å². The van der Waals surface area contributed by atoms with Crippen molar-refractivity contribution in [2.45, 2.75) is 0 Å². The van der Waals surface area contributed by atoms with E-state index in [-0.39, 0.29) is 31.4 Å². The van der Waals surface area contributed by atoms with Crippen LogP contribution in [-0.4, -0.2) is 37.6 Å². The maximum absolute atomic E-state index is 5.31. The molecule has 0 bridgehead atoms. The number of hydrogen-bond donors (Lipinski definition) is 0. The van der Waals surface area contributed by atoms with E-state index >= 15 is 0 Å². The Kier molecular flexibility index (Phi) is 7.43. The number of hydrogen-bond acceptors (Lipinski definition) is 1. The second-order valence-corrected chi connectivity index (χ2v) is 1.30. The molecule has 0 aliphatic heterocycles. The van der Waals surface area contributed by atoms with Gasteiger partial charge in [-0.2, -0.15) is 0 Å². The number of aromatic nitrogens is 2. The monoisotopic (exact) mass is 146 g/mol. The predicted molar refractivity (Wildman–Crippen MR) is 35.1 cm³/mol. The van der Waals surface area contributed by atoms with Crippen molar-refractivity contribution in [3.8, 4) is 0 Å². The number of nitrogens with zero attached hydrogens (tertiary/aromatic N) is 2. The maximum Gasteiger partial charge on any atom is 2.00 e. The van der Waals surface area contributed by atoms with Crippen LogP contribution in [0.1, 0.15) is 2.85 Å². The first-order chi connectivity index (χ1) is 2.89. The summed E-state index contributed by atoms with van der Waals surface area (Å²) in [6.45, 7) is 0. The van der Waals surface area contributed by atoms with E-state index < -0.39 is 0 Å². The summed E-state index contributed by atoms with van der Waals surface area (Å²) in [5.74, 6) is 0. The van der Waals surface area contributed by atoms with Crippen molar-refractivity contribution in [3.63, 3.8) is 0 Å². The van der Waals surface area contributed by atoms with Gasteiger partial charge in [0.05, 0.1) is 0 Å². The molecule has 0 saturated heterocycles. The average molecular weight is 147 g/mol. The average Bonchev–Trinajstić information content (AvgIpc) is 1.86. The second-order valence-electron chi connectivity index (χ2n) is 0.907. The molecule has 0 aliphatic carbocycles. The molecule has 0 atom stereocenters. The summed E-state index contributed by atoms with van der Waals surface area (Å²) in [4.78, 5) is 3.65. The first kappa shape index (κ1) is 11.1. The van der Waals surface area contributed by atoms with Crippen molar-refractivity contribution in [1.82, 2.24) is 9.07 Å². The zero-order valence-corrected chi connectivity index (χ0v) is 6.38. The molecule has 1 aromatic rings. The van der Waals surface area contributed by atoms with Crippen LogP contribution in [0.2, 0.25) is 0 Å². The molecule has 0 fully saturated rings. The Bertz CT molecular complexity index is 128. The summed E-state index contributed by atoms with van der Waals surface area (Å²) < 4.78 is 1.36. The van der Waals surface area contributed by atoms with Crippen LogP contribution in [-0.2, 0) is 0 Å². The largest absolute Gasteiger partial charge is 2.00 e. The molecule has 1 aromatic heterocycles. The molecule has 0 spiro atoms. The topological polar surface area (TPSA) is 49.3 Å². The van der Waals surface area contributed by atoms with Crippen LogP contribution in [0.15, 0.2) is 18.7 Å². The van der Waals surface area contributed by atoms with Crippen LogP contribution in [0.5, 0.6) is 0 Å². The summed E-state index contributed by atoms with van der Waals surface area (Å²) in [5.41, 5.74) is 0. The van der Waals surface area contributed by atoms with Crippen LogP contribution in [0, 0.1) is 0 Å². The van der Waals surface area contributed by atoms with Gasteiger partial charge in [0.25, 0.3) is 0 Å². The SMILES string of the molecule is Cln1ccnc1.O.[H-].[H-].[Mg+2]. The molecule has 0 radical (unpaired) electrons. The molecule has 0 aliphatic rings. The fourth-order valence-corrected chi connectivity index (χ4v) is 0.344. The van der Waals surface area contributed by atoms with Crippen molar-refractivity contribution in [2.24, 2.45) is 0 Å². The van der Waals surface area contributed by atoms with Crippen molar-refractivity contribution in [3.05, 3.63) is 18.7 Å². The van der Waals surface area contributed by atoms with E-state index in [1.807, 2.05) is 0 Å². The van der Waals surface area contributed by atoms with E-state index in [0.29, 0.717) is 0 Å². The maximum atomic E-state index is 5.31.